The van der Waals surface area contributed by atoms with E-state index in [1.165, 1.54) is 29.8 Å². The number of ether oxygens (including phenoxy) is 1. The maximum Gasteiger partial charge on any atom is 1.00 e. The van der Waals surface area contributed by atoms with E-state index in [2.05, 4.69) is 15.0 Å². The van der Waals surface area contributed by atoms with Crippen LogP contribution in [0.1, 0.15) is 32.4 Å². The second-order valence-corrected chi connectivity index (χ2v) is 9.62. The average Bonchev–Trinajstić information content (AvgIpc) is 2.98. The van der Waals surface area contributed by atoms with E-state index in [9.17, 15) is 24.6 Å². The number of β-lactam (4-membered cyclic amide) rings is 1. The van der Waals surface area contributed by atoms with Crippen molar-refractivity contribution in [1.82, 2.24) is 10.2 Å². The van der Waals surface area contributed by atoms with Gasteiger partial charge in [0, 0.05) is 16.5 Å². The third kappa shape index (κ3) is 5.40. The summed E-state index contributed by atoms with van der Waals surface area (Å²) in [4.78, 5) is 41.3. The number of hydrogen-bond acceptors (Lipinski definition) is 8. The quantitative estimate of drug-likeness (QED) is 0.110. The molecule has 2 aliphatic heterocycles. The number of nitrogens with zero attached hydrogens (tertiary/aromatic N) is 2. The number of allylic oxidation sites excluding steroid dienone is 1. The molecule has 32 heavy (non-hydrogen) atoms. The second-order valence-electron chi connectivity index (χ2n) is 7.85. The molecule has 4 atom stereocenters. The van der Waals surface area contributed by atoms with Crippen LogP contribution < -0.4 is 61.8 Å². The number of carboxylic acid groups (broad SMARTS) is 1. The van der Waals surface area contributed by atoms with E-state index in [1.807, 2.05) is 0 Å². The fraction of sp³-hybridized carbons (Fsp3) is 0.429. The summed E-state index contributed by atoms with van der Waals surface area (Å²) in [6.45, 7) is 5.13. The molecule has 2 heterocycles. The van der Waals surface area contributed by atoms with Crippen LogP contribution in [0.5, 0.6) is 0 Å². The topological polar surface area (TPSA) is 131 Å². The fourth-order valence-electron chi connectivity index (χ4n) is 3.76. The van der Waals surface area contributed by atoms with E-state index < -0.39 is 52.0 Å². The van der Waals surface area contributed by atoms with Gasteiger partial charge in [-0.1, -0.05) is 30.3 Å². The van der Waals surface area contributed by atoms with Crippen molar-refractivity contribution in [1.29, 1.82) is 0 Å². The molecule has 2 fully saturated rings. The zero-order chi connectivity index (χ0) is 22.9. The number of benzene rings is 1. The first kappa shape index (κ1) is 26.9. The molecule has 0 aromatic heterocycles. The molecule has 0 spiro atoms. The van der Waals surface area contributed by atoms with E-state index in [-0.39, 0.29) is 51.4 Å². The molecular weight excluding hydrogens is 461 g/mol. The van der Waals surface area contributed by atoms with Crippen molar-refractivity contribution < 1.29 is 80.7 Å². The number of carboxylic acids is 1. The zero-order valence-corrected chi connectivity index (χ0v) is 22.5. The molecule has 0 unspecified atom stereocenters. The monoisotopic (exact) mass is 485 g/mol. The van der Waals surface area contributed by atoms with Crippen LogP contribution in [0.4, 0.5) is 0 Å². The second kappa shape index (κ2) is 10.7. The molecule has 0 radical (unpaired) electrons. The molecule has 0 saturated carbocycles. The number of methoxy groups -OCH3 is 1. The van der Waals surface area contributed by atoms with Gasteiger partial charge in [0.15, 0.2) is 6.04 Å². The number of aliphatic imine (C=N–C) groups is 1. The Labute approximate surface area is 233 Å². The van der Waals surface area contributed by atoms with Crippen LogP contribution in [0.2, 0.25) is 0 Å². The number of rotatable bonds is 7. The van der Waals surface area contributed by atoms with Crippen molar-refractivity contribution in [2.75, 3.05) is 7.11 Å². The number of amides is 1. The van der Waals surface area contributed by atoms with Crippen molar-refractivity contribution in [3.05, 3.63) is 47.7 Å². The van der Waals surface area contributed by atoms with Crippen molar-refractivity contribution in [2.24, 2.45) is 4.99 Å². The molecule has 9 nitrogen and oxygen atoms in total. The van der Waals surface area contributed by atoms with Gasteiger partial charge in [0.2, 0.25) is 0 Å². The minimum atomic E-state index is -1.08. The van der Waals surface area contributed by atoms with Crippen LogP contribution in [0.25, 0.3) is 0 Å². The molecule has 1 aromatic carbocycles. The van der Waals surface area contributed by atoms with Gasteiger partial charge in [-0.25, -0.2) is 9.59 Å². The third-order valence-corrected chi connectivity index (χ3v) is 6.76. The molecule has 11 heteroatoms. The molecule has 2 saturated heterocycles. The van der Waals surface area contributed by atoms with Gasteiger partial charge in [-0.2, -0.15) is 0 Å². The maximum absolute atomic E-state index is 13.1. The van der Waals surface area contributed by atoms with E-state index in [1.54, 1.807) is 51.1 Å². The molecule has 1 aromatic rings. The van der Waals surface area contributed by atoms with Crippen molar-refractivity contribution in [2.45, 2.75) is 49.0 Å². The van der Waals surface area contributed by atoms with E-state index in [0.717, 1.165) is 0 Å². The van der Waals surface area contributed by atoms with E-state index >= 15 is 0 Å². The molecular formula is C21H24KN3O6S. The van der Waals surface area contributed by atoms with E-state index in [4.69, 9.17) is 0 Å². The molecule has 0 bridgehead atoms. The summed E-state index contributed by atoms with van der Waals surface area (Å²) in [6, 6.07) is 5.97. The predicted molar refractivity (Wildman–Crippen MR) is 113 cm³/mol. The summed E-state index contributed by atoms with van der Waals surface area (Å²) >= 11 is 1.33. The van der Waals surface area contributed by atoms with Gasteiger partial charge in [0.1, 0.15) is 11.4 Å². The molecule has 1 amide bonds. The predicted octanol–water partition coefficient (Wildman–Crippen LogP) is -2.33. The molecule has 0 aliphatic carbocycles. The Morgan fingerprint density at radius 2 is 1.97 bits per heavy atom. The minimum absolute atomic E-state index is 0. The Kier molecular flexibility index (Phi) is 8.99. The van der Waals surface area contributed by atoms with Gasteiger partial charge >= 0.3 is 63.3 Å². The Morgan fingerprint density at radius 1 is 1.34 bits per heavy atom. The Hall–Kier alpha value is -1.37. The average molecular weight is 486 g/mol. The number of carbonyl (C=O) groups excluding carboxylic acids is 2. The van der Waals surface area contributed by atoms with Crippen molar-refractivity contribution >= 4 is 35.5 Å². The summed E-state index contributed by atoms with van der Waals surface area (Å²) in [6.07, 6.45) is 1.21. The number of fused-ring (bicyclic) bond motifs is 1. The first-order chi connectivity index (χ1) is 14.6. The summed E-state index contributed by atoms with van der Waals surface area (Å²) in [5, 5.41) is 25.1. The number of hydrogen-bond donors (Lipinski definition) is 2. The summed E-state index contributed by atoms with van der Waals surface area (Å²) in [5.74, 6) is -2.71. The molecule has 2 N–H and O–H groups in total. The number of carbonyl (C=O) groups is 3. The van der Waals surface area contributed by atoms with Gasteiger partial charge in [-0.05, 0) is 32.2 Å². The van der Waals surface area contributed by atoms with Gasteiger partial charge in [0.05, 0.1) is 13.2 Å². The number of nitrogens with one attached hydrogen (secondary N) is 1. The van der Waals surface area contributed by atoms with Gasteiger partial charge < -0.3 is 25.2 Å². The van der Waals surface area contributed by atoms with E-state index in [0.29, 0.717) is 11.3 Å². The molecule has 2 aliphatic rings. The third-order valence-electron chi connectivity index (χ3n) is 5.20. The first-order valence-electron chi connectivity index (χ1n) is 9.62. The fourth-order valence-corrected chi connectivity index (χ4v) is 5.37. The summed E-state index contributed by atoms with van der Waals surface area (Å²) < 4.78 is 3.91. The van der Waals surface area contributed by atoms with Gasteiger partial charge in [-0.15, -0.1) is 11.8 Å². The molecule has 166 valence electrons. The largest absolute Gasteiger partial charge is 1.00 e. The van der Waals surface area contributed by atoms with Crippen molar-refractivity contribution in [3.8, 4) is 0 Å². The first-order valence-corrected chi connectivity index (χ1v) is 10.5. The summed E-state index contributed by atoms with van der Waals surface area (Å²) in [5.41, 5.74) is 1.01. The van der Waals surface area contributed by atoms with Crippen LogP contribution in [-0.4, -0.2) is 63.1 Å². The minimum Gasteiger partial charge on any atom is -0.860 e. The Balaban J connectivity index is 0.00000363. The smallest absolute Gasteiger partial charge is 0.860 e. The van der Waals surface area contributed by atoms with Crippen LogP contribution >= 0.6 is 11.8 Å². The number of esters is 1. The van der Waals surface area contributed by atoms with Crippen LogP contribution in [-0.2, 0) is 19.1 Å². The Morgan fingerprint density at radius 3 is 2.53 bits per heavy atom. The SMILES string of the molecule is COC(=O)/C=C(/C)N[C@@H](C([O-])=N[C@@H]1C(=O)N2[C@@H]1SC(C)(C)[C@@H]2C(=O)O)c1ccccc1.[K+]. The standard InChI is InChI=1S/C21H25N3O6S.K/c1-11(10-13(25)30-4)22-14(12-8-6-5-7-9-12)17(26)23-15-18(27)24-16(20(28)29)21(2,3)31-19(15)24;/h5-10,14-16,19,22H,1-4H3,(H,23,26)(H,28,29);/q;+1/p-1/b11-10-;/t14-,15-,16+,19-;/m1./s1. The van der Waals surface area contributed by atoms with Gasteiger partial charge in [0.25, 0.3) is 5.91 Å². The van der Waals surface area contributed by atoms with Crippen LogP contribution in [0, 0.1) is 0 Å². The van der Waals surface area contributed by atoms with Crippen LogP contribution in [0.15, 0.2) is 47.1 Å². The summed E-state index contributed by atoms with van der Waals surface area (Å²) in [7, 11) is 1.25. The van der Waals surface area contributed by atoms with Crippen LogP contribution in [0.3, 0.4) is 0 Å². The van der Waals surface area contributed by atoms with Gasteiger partial charge in [-0.3, -0.25) is 9.79 Å². The maximum atomic E-state index is 13.1. The Bertz CT molecular complexity index is 952. The number of thioether (sulfide) groups is 1. The number of aliphatic carboxylic acids is 1. The normalized spacial score (nSPS) is 25.2. The molecule has 3 rings (SSSR count). The van der Waals surface area contributed by atoms with Crippen molar-refractivity contribution in [3.63, 3.8) is 0 Å². The zero-order valence-electron chi connectivity index (χ0n) is 18.6.